The lowest BCUT2D eigenvalue weighted by atomic mass is 10.0. The van der Waals surface area contributed by atoms with Crippen molar-refractivity contribution >= 4 is 5.96 Å². The minimum Gasteiger partial charge on any atom is -0.434 e. The van der Waals surface area contributed by atoms with Crippen LogP contribution in [0.1, 0.15) is 26.3 Å². The van der Waals surface area contributed by atoms with Crippen LogP contribution in [0.4, 0.5) is 8.78 Å². The van der Waals surface area contributed by atoms with Gasteiger partial charge in [0.2, 0.25) is 0 Å². The lowest BCUT2D eigenvalue weighted by Gasteiger charge is -2.41. The van der Waals surface area contributed by atoms with Crippen molar-refractivity contribution in [1.82, 2.24) is 15.5 Å². The second-order valence-corrected chi connectivity index (χ2v) is 6.95. The van der Waals surface area contributed by atoms with Crippen LogP contribution in [0.2, 0.25) is 0 Å². The van der Waals surface area contributed by atoms with Gasteiger partial charge in [-0.15, -0.1) is 0 Å². The quantitative estimate of drug-likeness (QED) is 0.533. The number of guanidine groups is 1. The number of ether oxygens (including phenoxy) is 2. The van der Waals surface area contributed by atoms with E-state index in [2.05, 4.69) is 39.1 Å². The molecule has 0 radical (unpaired) electrons. The monoisotopic (exact) mass is 384 g/mol. The number of rotatable bonds is 8. The zero-order chi connectivity index (χ0) is 19.7. The molecule has 1 heterocycles. The van der Waals surface area contributed by atoms with E-state index in [9.17, 15) is 8.78 Å². The molecule has 1 fully saturated rings. The number of morpholine rings is 1. The van der Waals surface area contributed by atoms with Crippen LogP contribution in [0.5, 0.6) is 5.75 Å². The van der Waals surface area contributed by atoms with Crippen molar-refractivity contribution < 1.29 is 18.3 Å². The summed E-state index contributed by atoms with van der Waals surface area (Å²) in [5.74, 6) is 0.798. The van der Waals surface area contributed by atoms with Gasteiger partial charge in [-0.05, 0) is 26.8 Å². The van der Waals surface area contributed by atoms with E-state index in [1.807, 2.05) is 6.92 Å². The number of alkyl halides is 2. The molecule has 0 amide bonds. The highest BCUT2D eigenvalue weighted by atomic mass is 19.3. The third-order valence-corrected chi connectivity index (χ3v) is 4.50. The maximum Gasteiger partial charge on any atom is 0.387 e. The molecule has 2 rings (SSSR count). The Labute approximate surface area is 159 Å². The molecule has 1 aromatic rings. The molecule has 1 aromatic carbocycles. The predicted octanol–water partition coefficient (Wildman–Crippen LogP) is 2.45. The summed E-state index contributed by atoms with van der Waals surface area (Å²) in [5.41, 5.74) is 0.555. The van der Waals surface area contributed by atoms with E-state index >= 15 is 0 Å². The lowest BCUT2D eigenvalue weighted by molar-refractivity contribution is -0.0504. The third-order valence-electron chi connectivity index (χ3n) is 4.50. The maximum atomic E-state index is 12.6. The Hall–Kier alpha value is -1.93. The molecular formula is C19H30F2N4O2. The topological polar surface area (TPSA) is 58.1 Å². The van der Waals surface area contributed by atoms with Gasteiger partial charge < -0.3 is 20.1 Å². The normalized spacial score (nSPS) is 16.4. The minimum atomic E-state index is -2.85. The van der Waals surface area contributed by atoms with E-state index in [0.717, 1.165) is 26.3 Å². The summed E-state index contributed by atoms with van der Waals surface area (Å²) in [6.07, 6.45) is 0. The van der Waals surface area contributed by atoms with E-state index in [1.54, 1.807) is 18.2 Å². The zero-order valence-corrected chi connectivity index (χ0v) is 16.3. The number of nitrogens with zero attached hydrogens (tertiary/aromatic N) is 2. The van der Waals surface area contributed by atoms with Gasteiger partial charge in [-0.2, -0.15) is 8.78 Å². The number of nitrogens with one attached hydrogen (secondary N) is 2. The van der Waals surface area contributed by atoms with Gasteiger partial charge >= 0.3 is 6.61 Å². The Morgan fingerprint density at radius 2 is 1.96 bits per heavy atom. The highest BCUT2D eigenvalue weighted by Crippen LogP contribution is 2.21. The summed E-state index contributed by atoms with van der Waals surface area (Å²) in [6.45, 7) is 8.46. The van der Waals surface area contributed by atoms with Crippen molar-refractivity contribution in [3.63, 3.8) is 0 Å². The van der Waals surface area contributed by atoms with Crippen LogP contribution < -0.4 is 15.4 Å². The van der Waals surface area contributed by atoms with Crippen LogP contribution in [0.15, 0.2) is 29.3 Å². The molecule has 0 aliphatic carbocycles. The fourth-order valence-corrected chi connectivity index (χ4v) is 2.93. The van der Waals surface area contributed by atoms with E-state index in [4.69, 9.17) is 4.74 Å². The molecule has 6 nitrogen and oxygen atoms in total. The van der Waals surface area contributed by atoms with E-state index in [1.165, 1.54) is 6.07 Å². The molecule has 0 unspecified atom stereocenters. The Morgan fingerprint density at radius 3 is 2.63 bits per heavy atom. The van der Waals surface area contributed by atoms with Crippen molar-refractivity contribution in [2.24, 2.45) is 4.99 Å². The Morgan fingerprint density at radius 1 is 1.26 bits per heavy atom. The average molecular weight is 384 g/mol. The van der Waals surface area contributed by atoms with Crippen molar-refractivity contribution in [2.75, 3.05) is 39.4 Å². The van der Waals surface area contributed by atoms with Crippen LogP contribution in [-0.2, 0) is 11.3 Å². The molecule has 2 N–H and O–H groups in total. The minimum absolute atomic E-state index is 0.0589. The molecule has 1 aliphatic rings. The van der Waals surface area contributed by atoms with Gasteiger partial charge in [-0.25, -0.2) is 4.99 Å². The molecule has 27 heavy (non-hydrogen) atoms. The maximum absolute atomic E-state index is 12.6. The van der Waals surface area contributed by atoms with Crippen molar-refractivity contribution in [1.29, 1.82) is 0 Å². The standard InChI is InChI=1S/C19H30F2N4O2/c1-4-22-18(24-14-19(2,3)25-9-11-26-12-10-25)23-13-15-7-5-6-8-16(15)27-17(20)21/h5-8,17H,4,9-14H2,1-3H3,(H2,22,23,24). The van der Waals surface area contributed by atoms with E-state index in [-0.39, 0.29) is 17.8 Å². The predicted molar refractivity (Wildman–Crippen MR) is 102 cm³/mol. The number of hydrogen-bond acceptors (Lipinski definition) is 4. The number of hydrogen-bond donors (Lipinski definition) is 2. The van der Waals surface area contributed by atoms with Crippen LogP contribution in [-0.4, -0.2) is 62.4 Å². The molecule has 1 saturated heterocycles. The SMILES string of the molecule is CCNC(=NCc1ccccc1OC(F)F)NCC(C)(C)N1CCOCC1. The van der Waals surface area contributed by atoms with Crippen molar-refractivity contribution in [3.05, 3.63) is 29.8 Å². The Bertz CT molecular complexity index is 605. The van der Waals surface area contributed by atoms with Crippen molar-refractivity contribution in [2.45, 2.75) is 39.5 Å². The average Bonchev–Trinajstić information content (AvgIpc) is 2.65. The summed E-state index contributed by atoms with van der Waals surface area (Å²) in [4.78, 5) is 6.91. The molecular weight excluding hydrogens is 354 g/mol. The first-order valence-electron chi connectivity index (χ1n) is 9.30. The second-order valence-electron chi connectivity index (χ2n) is 6.95. The van der Waals surface area contributed by atoms with Crippen LogP contribution in [0, 0.1) is 0 Å². The molecule has 0 spiro atoms. The molecule has 1 aliphatic heterocycles. The molecule has 0 saturated carbocycles. The van der Waals surface area contributed by atoms with Gasteiger partial charge in [-0.3, -0.25) is 4.90 Å². The zero-order valence-electron chi connectivity index (χ0n) is 16.3. The fraction of sp³-hybridized carbons (Fsp3) is 0.632. The first-order chi connectivity index (χ1) is 12.9. The van der Waals surface area contributed by atoms with Crippen molar-refractivity contribution in [3.8, 4) is 5.75 Å². The van der Waals surface area contributed by atoms with E-state index < -0.39 is 6.61 Å². The Balaban J connectivity index is 2.00. The molecule has 152 valence electrons. The fourth-order valence-electron chi connectivity index (χ4n) is 2.93. The summed E-state index contributed by atoms with van der Waals surface area (Å²) in [7, 11) is 0. The number of benzene rings is 1. The van der Waals surface area contributed by atoms with Gasteiger partial charge in [0.15, 0.2) is 5.96 Å². The first-order valence-corrected chi connectivity index (χ1v) is 9.30. The van der Waals surface area contributed by atoms with E-state index in [0.29, 0.717) is 24.6 Å². The lowest BCUT2D eigenvalue weighted by Crippen LogP contribution is -2.56. The van der Waals surface area contributed by atoms with Gasteiger partial charge in [-0.1, -0.05) is 18.2 Å². The van der Waals surface area contributed by atoms with Gasteiger partial charge in [0.1, 0.15) is 5.75 Å². The summed E-state index contributed by atoms with van der Waals surface area (Å²) >= 11 is 0. The summed E-state index contributed by atoms with van der Waals surface area (Å²) < 4.78 is 35.1. The summed E-state index contributed by atoms with van der Waals surface area (Å²) in [5, 5.41) is 6.55. The van der Waals surface area contributed by atoms with Gasteiger partial charge in [0.25, 0.3) is 0 Å². The van der Waals surface area contributed by atoms with Crippen LogP contribution in [0.3, 0.4) is 0 Å². The Kier molecular flexibility index (Phi) is 8.24. The summed E-state index contributed by atoms with van der Waals surface area (Å²) in [6, 6.07) is 6.71. The molecule has 0 atom stereocenters. The van der Waals surface area contributed by atoms with Gasteiger partial charge in [0.05, 0.1) is 19.8 Å². The molecule has 0 aromatic heterocycles. The van der Waals surface area contributed by atoms with Crippen LogP contribution >= 0.6 is 0 Å². The van der Waals surface area contributed by atoms with Gasteiger partial charge in [0, 0.05) is 37.3 Å². The number of halogens is 2. The highest BCUT2D eigenvalue weighted by Gasteiger charge is 2.28. The third kappa shape index (κ3) is 6.95. The molecule has 8 heteroatoms. The van der Waals surface area contributed by atoms with Crippen LogP contribution in [0.25, 0.3) is 0 Å². The smallest absolute Gasteiger partial charge is 0.387 e. The largest absolute Gasteiger partial charge is 0.434 e. The second kappa shape index (κ2) is 10.4. The first kappa shape index (κ1) is 21.4. The highest BCUT2D eigenvalue weighted by molar-refractivity contribution is 5.79. The molecule has 0 bridgehead atoms. The number of aliphatic imine (C=N–C) groups is 1. The number of para-hydroxylation sites is 1.